The largest absolute Gasteiger partial charge is 0.336 e. The number of hydrogen-bond donors (Lipinski definition) is 1. The van der Waals surface area contributed by atoms with E-state index in [4.69, 9.17) is 0 Å². The van der Waals surface area contributed by atoms with Crippen LogP contribution in [0.5, 0.6) is 0 Å². The number of aryl methyl sites for hydroxylation is 1. The number of rotatable bonds is 5. The second kappa shape index (κ2) is 6.73. The fourth-order valence-corrected chi connectivity index (χ4v) is 4.26. The van der Waals surface area contributed by atoms with Gasteiger partial charge in [0, 0.05) is 18.7 Å². The van der Waals surface area contributed by atoms with Crippen LogP contribution < -0.4 is 5.32 Å². The molecule has 2 bridgehead atoms. The number of carbonyl (C=O) groups is 2. The molecule has 4 nitrogen and oxygen atoms in total. The zero-order valence-electron chi connectivity index (χ0n) is 14.0. The molecule has 0 aromatic heterocycles. The molecule has 2 aliphatic rings. The van der Waals surface area contributed by atoms with Crippen molar-refractivity contribution in [2.24, 2.45) is 17.8 Å². The van der Waals surface area contributed by atoms with Crippen LogP contribution >= 0.6 is 0 Å². The summed E-state index contributed by atoms with van der Waals surface area (Å²) in [5.41, 5.74) is 1.96. The molecule has 1 aromatic rings. The monoisotopic (exact) mass is 314 g/mol. The highest BCUT2D eigenvalue weighted by Gasteiger charge is 2.44. The number of nitrogens with one attached hydrogen (secondary N) is 1. The first-order valence-electron chi connectivity index (χ1n) is 8.71. The third-order valence-corrected chi connectivity index (χ3v) is 5.48. The number of para-hydroxylation sites is 1. The molecule has 3 rings (SSSR count). The molecule has 23 heavy (non-hydrogen) atoms. The summed E-state index contributed by atoms with van der Waals surface area (Å²) in [6.07, 6.45) is 5.57. The third kappa shape index (κ3) is 3.41. The zero-order chi connectivity index (χ0) is 16.4. The van der Waals surface area contributed by atoms with Gasteiger partial charge in [-0.3, -0.25) is 9.59 Å². The number of anilines is 1. The van der Waals surface area contributed by atoms with Crippen molar-refractivity contribution in [3.63, 3.8) is 0 Å². The van der Waals surface area contributed by atoms with E-state index in [-0.39, 0.29) is 24.3 Å². The summed E-state index contributed by atoms with van der Waals surface area (Å²) in [4.78, 5) is 26.5. The standard InChI is InChI=1S/C19H26N2O2/c1-3-14-6-4-5-7-17(14)20-18(22)12-21(2)19(23)16-11-13-8-9-15(16)10-13/h4-7,13,15-16H,3,8-12H2,1-2H3,(H,20,22). The van der Waals surface area contributed by atoms with Crippen molar-refractivity contribution in [3.05, 3.63) is 29.8 Å². The molecule has 3 unspecified atom stereocenters. The number of nitrogens with zero attached hydrogens (tertiary/aromatic N) is 1. The van der Waals surface area contributed by atoms with Crippen molar-refractivity contribution in [1.82, 2.24) is 4.90 Å². The van der Waals surface area contributed by atoms with Crippen LogP contribution in [0.1, 0.15) is 38.2 Å². The van der Waals surface area contributed by atoms with E-state index in [2.05, 4.69) is 12.2 Å². The smallest absolute Gasteiger partial charge is 0.243 e. The Balaban J connectivity index is 1.56. The molecule has 2 fully saturated rings. The minimum atomic E-state index is -0.120. The quantitative estimate of drug-likeness (QED) is 0.908. The molecule has 124 valence electrons. The highest BCUT2D eigenvalue weighted by molar-refractivity contribution is 5.95. The Morgan fingerprint density at radius 2 is 2.00 bits per heavy atom. The number of likely N-dealkylation sites (N-methyl/N-ethyl adjacent to an activating group) is 1. The molecule has 2 saturated carbocycles. The van der Waals surface area contributed by atoms with Gasteiger partial charge in [-0.2, -0.15) is 0 Å². The zero-order valence-corrected chi connectivity index (χ0v) is 14.0. The van der Waals surface area contributed by atoms with Gasteiger partial charge in [0.15, 0.2) is 0 Å². The predicted molar refractivity (Wildman–Crippen MR) is 91.0 cm³/mol. The maximum atomic E-state index is 12.6. The van der Waals surface area contributed by atoms with Gasteiger partial charge in [0.05, 0.1) is 6.54 Å². The van der Waals surface area contributed by atoms with Crippen molar-refractivity contribution in [2.45, 2.75) is 39.0 Å². The lowest BCUT2D eigenvalue weighted by molar-refractivity contribution is -0.138. The minimum Gasteiger partial charge on any atom is -0.336 e. The molecule has 0 saturated heterocycles. The molecule has 0 radical (unpaired) electrons. The van der Waals surface area contributed by atoms with Crippen molar-refractivity contribution < 1.29 is 9.59 Å². The Hall–Kier alpha value is -1.84. The Labute approximate surface area is 138 Å². The summed E-state index contributed by atoms with van der Waals surface area (Å²) in [6, 6.07) is 7.81. The van der Waals surface area contributed by atoms with Crippen LogP contribution in [0.3, 0.4) is 0 Å². The first-order valence-corrected chi connectivity index (χ1v) is 8.71. The van der Waals surface area contributed by atoms with Crippen LogP contribution in [0.25, 0.3) is 0 Å². The summed E-state index contributed by atoms with van der Waals surface area (Å²) in [5, 5.41) is 2.94. The highest BCUT2D eigenvalue weighted by Crippen LogP contribution is 2.48. The second-order valence-corrected chi connectivity index (χ2v) is 7.03. The molecule has 1 aromatic carbocycles. The van der Waals surface area contributed by atoms with E-state index in [1.807, 2.05) is 24.3 Å². The first kappa shape index (κ1) is 16.0. The normalized spacial score (nSPS) is 25.4. The van der Waals surface area contributed by atoms with Crippen LogP contribution in [-0.4, -0.2) is 30.3 Å². The van der Waals surface area contributed by atoms with Crippen LogP contribution in [0, 0.1) is 17.8 Å². The van der Waals surface area contributed by atoms with Gasteiger partial charge in [0.25, 0.3) is 0 Å². The topological polar surface area (TPSA) is 49.4 Å². The van der Waals surface area contributed by atoms with E-state index in [1.54, 1.807) is 11.9 Å². The molecular weight excluding hydrogens is 288 g/mol. The summed E-state index contributed by atoms with van der Waals surface area (Å²) >= 11 is 0. The summed E-state index contributed by atoms with van der Waals surface area (Å²) in [7, 11) is 1.75. The number of fused-ring (bicyclic) bond motifs is 2. The highest BCUT2D eigenvalue weighted by atomic mass is 16.2. The lowest BCUT2D eigenvalue weighted by Gasteiger charge is -2.26. The molecule has 1 N–H and O–H groups in total. The summed E-state index contributed by atoms with van der Waals surface area (Å²) in [6.45, 7) is 2.19. The van der Waals surface area contributed by atoms with Gasteiger partial charge >= 0.3 is 0 Å². The van der Waals surface area contributed by atoms with Crippen LogP contribution in [0.2, 0.25) is 0 Å². The van der Waals surface area contributed by atoms with Gasteiger partial charge in [0.2, 0.25) is 11.8 Å². The summed E-state index contributed by atoms with van der Waals surface area (Å²) in [5.74, 6) is 1.47. The average molecular weight is 314 g/mol. The SMILES string of the molecule is CCc1ccccc1NC(=O)CN(C)C(=O)C1CC2CCC1C2. The summed E-state index contributed by atoms with van der Waals surface area (Å²) < 4.78 is 0. The Kier molecular flexibility index (Phi) is 4.69. The first-order chi connectivity index (χ1) is 11.1. The minimum absolute atomic E-state index is 0.120. The maximum absolute atomic E-state index is 12.6. The number of carbonyl (C=O) groups excluding carboxylic acids is 2. The molecule has 2 aliphatic carbocycles. The number of benzene rings is 1. The number of hydrogen-bond acceptors (Lipinski definition) is 2. The van der Waals surface area contributed by atoms with E-state index in [0.717, 1.165) is 30.0 Å². The molecule has 2 amide bonds. The van der Waals surface area contributed by atoms with Gasteiger partial charge in [-0.05, 0) is 49.1 Å². The lowest BCUT2D eigenvalue weighted by Crippen LogP contribution is -2.40. The van der Waals surface area contributed by atoms with Crippen molar-refractivity contribution in [2.75, 3.05) is 18.9 Å². The van der Waals surface area contributed by atoms with Gasteiger partial charge in [-0.15, -0.1) is 0 Å². The molecule has 0 heterocycles. The fraction of sp³-hybridized carbons (Fsp3) is 0.579. The third-order valence-electron chi connectivity index (χ3n) is 5.48. The van der Waals surface area contributed by atoms with E-state index in [9.17, 15) is 9.59 Å². The van der Waals surface area contributed by atoms with Gasteiger partial charge in [0.1, 0.15) is 0 Å². The fourth-order valence-electron chi connectivity index (χ4n) is 4.26. The van der Waals surface area contributed by atoms with Crippen LogP contribution in [-0.2, 0) is 16.0 Å². The van der Waals surface area contributed by atoms with E-state index >= 15 is 0 Å². The van der Waals surface area contributed by atoms with Crippen LogP contribution in [0.4, 0.5) is 5.69 Å². The van der Waals surface area contributed by atoms with E-state index in [0.29, 0.717) is 5.92 Å². The maximum Gasteiger partial charge on any atom is 0.243 e. The van der Waals surface area contributed by atoms with Gasteiger partial charge in [-0.25, -0.2) is 0 Å². The van der Waals surface area contributed by atoms with Crippen molar-refractivity contribution in [3.8, 4) is 0 Å². The van der Waals surface area contributed by atoms with E-state index in [1.165, 1.54) is 19.3 Å². The van der Waals surface area contributed by atoms with Gasteiger partial charge in [-0.1, -0.05) is 31.5 Å². The Morgan fingerprint density at radius 3 is 2.65 bits per heavy atom. The lowest BCUT2D eigenvalue weighted by atomic mass is 9.88. The van der Waals surface area contributed by atoms with Crippen molar-refractivity contribution >= 4 is 17.5 Å². The molecular formula is C19H26N2O2. The Morgan fingerprint density at radius 1 is 1.22 bits per heavy atom. The molecule has 4 heteroatoms. The van der Waals surface area contributed by atoms with E-state index < -0.39 is 0 Å². The number of amides is 2. The molecule has 0 spiro atoms. The van der Waals surface area contributed by atoms with Crippen LogP contribution in [0.15, 0.2) is 24.3 Å². The van der Waals surface area contributed by atoms with Gasteiger partial charge < -0.3 is 10.2 Å². The average Bonchev–Trinajstić information content (AvgIpc) is 3.17. The predicted octanol–water partition coefficient (Wildman–Crippen LogP) is 3.08. The molecule has 3 atom stereocenters. The van der Waals surface area contributed by atoms with Crippen molar-refractivity contribution in [1.29, 1.82) is 0 Å². The Bertz CT molecular complexity index is 599. The molecule has 0 aliphatic heterocycles. The second-order valence-electron chi connectivity index (χ2n) is 7.03.